The lowest BCUT2D eigenvalue weighted by Crippen LogP contribution is -2.36. The Hall–Kier alpha value is -1.86. The van der Waals surface area contributed by atoms with E-state index in [1.807, 2.05) is 0 Å². The number of benzene rings is 2. The number of hydrogen-bond donors (Lipinski definition) is 0. The average Bonchev–Trinajstić information content (AvgIpc) is 2.57. The van der Waals surface area contributed by atoms with Gasteiger partial charge in [0.1, 0.15) is 0 Å². The molecule has 0 aromatic heterocycles. The first-order chi connectivity index (χ1) is 10.8. The third kappa shape index (κ3) is 3.31. The molecule has 1 nitrogen and oxygen atoms in total. The fraction of sp³-hybridized carbons (Fsp3) is 0.333. The monoisotopic (exact) mass is 291 g/mol. The van der Waals surface area contributed by atoms with Gasteiger partial charge in [0, 0.05) is 19.1 Å². The maximum Gasteiger partial charge on any atom is 0.00388 e. The molecule has 0 bridgehead atoms. The summed E-state index contributed by atoms with van der Waals surface area (Å²) in [5.74, 6) is 0. The van der Waals surface area contributed by atoms with Crippen LogP contribution in [0.5, 0.6) is 0 Å². The zero-order valence-corrected chi connectivity index (χ0v) is 13.6. The molecular formula is C21H25N. The van der Waals surface area contributed by atoms with E-state index in [0.29, 0.717) is 6.04 Å². The van der Waals surface area contributed by atoms with Gasteiger partial charge in [0.05, 0.1) is 0 Å². The molecule has 0 radical (unpaired) electrons. The van der Waals surface area contributed by atoms with E-state index in [1.165, 1.54) is 42.6 Å². The van der Waals surface area contributed by atoms with Crippen molar-refractivity contribution in [3.8, 4) is 0 Å². The highest BCUT2D eigenvalue weighted by atomic mass is 15.1. The van der Waals surface area contributed by atoms with E-state index in [2.05, 4.69) is 79.4 Å². The first kappa shape index (κ1) is 15.1. The summed E-state index contributed by atoms with van der Waals surface area (Å²) in [5, 5.41) is 0. The molecule has 3 rings (SSSR count). The summed E-state index contributed by atoms with van der Waals surface area (Å²) in [4.78, 5) is 2.58. The summed E-state index contributed by atoms with van der Waals surface area (Å²) in [5.41, 5.74) is 5.75. The zero-order valence-electron chi connectivity index (χ0n) is 13.6. The Labute approximate surface area is 134 Å². The van der Waals surface area contributed by atoms with Crippen LogP contribution in [0.25, 0.3) is 5.57 Å². The molecule has 0 spiro atoms. The van der Waals surface area contributed by atoms with E-state index >= 15 is 0 Å². The van der Waals surface area contributed by atoms with Crippen LogP contribution in [-0.4, -0.2) is 24.0 Å². The third-order valence-corrected chi connectivity index (χ3v) is 4.61. The van der Waals surface area contributed by atoms with Crippen molar-refractivity contribution < 1.29 is 0 Å². The van der Waals surface area contributed by atoms with E-state index < -0.39 is 0 Å². The Morgan fingerprint density at radius 3 is 1.64 bits per heavy atom. The molecule has 114 valence electrons. The van der Waals surface area contributed by atoms with E-state index in [1.54, 1.807) is 5.57 Å². The van der Waals surface area contributed by atoms with Crippen LogP contribution < -0.4 is 0 Å². The Morgan fingerprint density at radius 2 is 1.23 bits per heavy atom. The lowest BCUT2D eigenvalue weighted by Gasteiger charge is -2.33. The molecule has 0 amide bonds. The normalized spacial score (nSPS) is 16.0. The van der Waals surface area contributed by atoms with Crippen molar-refractivity contribution in [1.29, 1.82) is 0 Å². The molecule has 0 saturated carbocycles. The van der Waals surface area contributed by atoms with Gasteiger partial charge in [-0.15, -0.1) is 0 Å². The summed E-state index contributed by atoms with van der Waals surface area (Å²) in [6, 6.07) is 22.4. The molecule has 1 heteroatoms. The summed E-state index contributed by atoms with van der Waals surface area (Å²) >= 11 is 0. The van der Waals surface area contributed by atoms with E-state index in [-0.39, 0.29) is 0 Å². The maximum absolute atomic E-state index is 2.58. The van der Waals surface area contributed by atoms with Crippen LogP contribution in [0.4, 0.5) is 0 Å². The summed E-state index contributed by atoms with van der Waals surface area (Å²) in [7, 11) is 0. The topological polar surface area (TPSA) is 3.24 Å². The van der Waals surface area contributed by atoms with Gasteiger partial charge in [-0.2, -0.15) is 0 Å². The minimum absolute atomic E-state index is 0.651. The van der Waals surface area contributed by atoms with Gasteiger partial charge < -0.3 is 4.90 Å². The van der Waals surface area contributed by atoms with Gasteiger partial charge in [-0.25, -0.2) is 0 Å². The SMILES string of the molecule is CC(C)N1CCC(=C(c2ccccc2)c2ccccc2)CC1. The van der Waals surface area contributed by atoms with E-state index in [0.717, 1.165) is 0 Å². The fourth-order valence-corrected chi connectivity index (χ4v) is 3.34. The van der Waals surface area contributed by atoms with Crippen LogP contribution in [-0.2, 0) is 0 Å². The highest BCUT2D eigenvalue weighted by Gasteiger charge is 2.20. The minimum Gasteiger partial charge on any atom is -0.300 e. The quantitative estimate of drug-likeness (QED) is 0.770. The molecular weight excluding hydrogens is 266 g/mol. The Bertz CT molecular complexity index is 574. The molecule has 1 heterocycles. The van der Waals surface area contributed by atoms with Crippen molar-refractivity contribution in [2.75, 3.05) is 13.1 Å². The highest BCUT2D eigenvalue weighted by molar-refractivity contribution is 5.82. The zero-order chi connectivity index (χ0) is 15.4. The first-order valence-electron chi connectivity index (χ1n) is 8.32. The molecule has 1 aliphatic rings. The second-order valence-corrected chi connectivity index (χ2v) is 6.34. The van der Waals surface area contributed by atoms with Crippen LogP contribution in [0.3, 0.4) is 0 Å². The van der Waals surface area contributed by atoms with Gasteiger partial charge in [0.25, 0.3) is 0 Å². The van der Waals surface area contributed by atoms with Crippen molar-refractivity contribution in [3.63, 3.8) is 0 Å². The lowest BCUT2D eigenvalue weighted by atomic mass is 9.88. The Balaban J connectivity index is 1.98. The Morgan fingerprint density at radius 1 is 0.773 bits per heavy atom. The number of hydrogen-bond acceptors (Lipinski definition) is 1. The van der Waals surface area contributed by atoms with Crippen molar-refractivity contribution in [3.05, 3.63) is 77.4 Å². The number of piperidine rings is 1. The van der Waals surface area contributed by atoms with Gasteiger partial charge >= 0.3 is 0 Å². The first-order valence-corrected chi connectivity index (χ1v) is 8.32. The second kappa shape index (κ2) is 6.93. The van der Waals surface area contributed by atoms with E-state index in [9.17, 15) is 0 Å². The van der Waals surface area contributed by atoms with Crippen molar-refractivity contribution in [2.24, 2.45) is 0 Å². The predicted octanol–water partition coefficient (Wildman–Crippen LogP) is 4.99. The summed E-state index contributed by atoms with van der Waals surface area (Å²) < 4.78 is 0. The number of nitrogens with zero attached hydrogens (tertiary/aromatic N) is 1. The van der Waals surface area contributed by atoms with Gasteiger partial charge in [-0.3, -0.25) is 0 Å². The average molecular weight is 291 g/mol. The van der Waals surface area contributed by atoms with E-state index in [4.69, 9.17) is 0 Å². The van der Waals surface area contributed by atoms with Crippen LogP contribution >= 0.6 is 0 Å². The smallest absolute Gasteiger partial charge is 0.00388 e. The molecule has 1 aliphatic heterocycles. The van der Waals surface area contributed by atoms with Crippen molar-refractivity contribution in [1.82, 2.24) is 4.90 Å². The minimum atomic E-state index is 0.651. The molecule has 2 aromatic carbocycles. The summed E-state index contributed by atoms with van der Waals surface area (Å²) in [6.45, 7) is 6.94. The van der Waals surface area contributed by atoms with Gasteiger partial charge in [0.15, 0.2) is 0 Å². The predicted molar refractivity (Wildman–Crippen MR) is 94.8 cm³/mol. The molecule has 1 fully saturated rings. The molecule has 22 heavy (non-hydrogen) atoms. The van der Waals surface area contributed by atoms with Crippen LogP contribution in [0.15, 0.2) is 66.2 Å². The molecule has 0 unspecified atom stereocenters. The lowest BCUT2D eigenvalue weighted by molar-refractivity contribution is 0.208. The standard InChI is InChI=1S/C21H25N/c1-17(2)22-15-13-20(14-16-22)21(18-9-5-3-6-10-18)19-11-7-4-8-12-19/h3-12,17H,13-16H2,1-2H3. The van der Waals surface area contributed by atoms with Crippen molar-refractivity contribution in [2.45, 2.75) is 32.7 Å². The van der Waals surface area contributed by atoms with Crippen LogP contribution in [0.2, 0.25) is 0 Å². The Kier molecular flexibility index (Phi) is 4.74. The largest absolute Gasteiger partial charge is 0.300 e. The van der Waals surface area contributed by atoms with Crippen LogP contribution in [0, 0.1) is 0 Å². The van der Waals surface area contributed by atoms with Crippen molar-refractivity contribution >= 4 is 5.57 Å². The third-order valence-electron chi connectivity index (χ3n) is 4.61. The maximum atomic E-state index is 2.58. The van der Waals surface area contributed by atoms with Gasteiger partial charge in [-0.05, 0) is 43.4 Å². The molecule has 1 saturated heterocycles. The van der Waals surface area contributed by atoms with Gasteiger partial charge in [-0.1, -0.05) is 66.2 Å². The summed E-state index contributed by atoms with van der Waals surface area (Å²) in [6.07, 6.45) is 2.36. The highest BCUT2D eigenvalue weighted by Crippen LogP contribution is 2.32. The fourth-order valence-electron chi connectivity index (χ4n) is 3.34. The molecule has 0 N–H and O–H groups in total. The molecule has 0 aliphatic carbocycles. The number of likely N-dealkylation sites (tertiary alicyclic amines) is 1. The number of rotatable bonds is 3. The van der Waals surface area contributed by atoms with Crippen LogP contribution in [0.1, 0.15) is 37.8 Å². The second-order valence-electron chi connectivity index (χ2n) is 6.34. The molecule has 2 aromatic rings. The van der Waals surface area contributed by atoms with Gasteiger partial charge in [0.2, 0.25) is 0 Å². The molecule has 0 atom stereocenters.